The van der Waals surface area contributed by atoms with Gasteiger partial charge in [0.2, 0.25) is 5.16 Å². The quantitative estimate of drug-likeness (QED) is 0.635. The van der Waals surface area contributed by atoms with Gasteiger partial charge in [-0.15, -0.1) is 0 Å². The van der Waals surface area contributed by atoms with E-state index in [1.165, 1.54) is 26.0 Å². The van der Waals surface area contributed by atoms with Crippen molar-refractivity contribution in [3.05, 3.63) is 47.3 Å². The molecule has 1 aromatic carbocycles. The van der Waals surface area contributed by atoms with E-state index < -0.39 is 10.0 Å². The number of benzene rings is 1. The van der Waals surface area contributed by atoms with E-state index in [1.54, 1.807) is 26.4 Å². The molecule has 1 aliphatic rings. The van der Waals surface area contributed by atoms with Gasteiger partial charge in [-0.1, -0.05) is 0 Å². The summed E-state index contributed by atoms with van der Waals surface area (Å²) in [5.74, 6) is 0. The van der Waals surface area contributed by atoms with Crippen LogP contribution >= 0.6 is 0 Å². The molecule has 0 saturated carbocycles. The Morgan fingerprint density at radius 2 is 1.74 bits per heavy atom. The van der Waals surface area contributed by atoms with Crippen LogP contribution < -0.4 is 10.5 Å². The summed E-state index contributed by atoms with van der Waals surface area (Å²) in [5, 5.41) is 0.626. The van der Waals surface area contributed by atoms with Crippen molar-refractivity contribution >= 4 is 26.6 Å². The normalized spacial score (nSPS) is 16.1. The summed E-state index contributed by atoms with van der Waals surface area (Å²) < 4.78 is 29.9. The van der Waals surface area contributed by atoms with Crippen molar-refractivity contribution in [2.75, 3.05) is 31.1 Å². The van der Waals surface area contributed by atoms with Crippen LogP contribution in [-0.4, -0.2) is 58.0 Å². The number of hydrogen-bond acceptors (Lipinski definition) is 6. The van der Waals surface area contributed by atoms with Crippen molar-refractivity contribution in [3.63, 3.8) is 0 Å². The summed E-state index contributed by atoms with van der Waals surface area (Å²) >= 11 is 0. The fourth-order valence-corrected chi connectivity index (χ4v) is 4.79. The fraction of sp³-hybridized carbons (Fsp3) is 0.353. The summed E-state index contributed by atoms with van der Waals surface area (Å²) in [7, 11) is -0.258. The van der Waals surface area contributed by atoms with Crippen molar-refractivity contribution in [1.82, 2.24) is 23.4 Å². The molecule has 3 aromatic rings. The minimum absolute atomic E-state index is 0.0571. The highest BCUT2D eigenvalue weighted by molar-refractivity contribution is 7.89. The van der Waals surface area contributed by atoms with Crippen LogP contribution in [0.15, 0.2) is 46.9 Å². The maximum Gasteiger partial charge on any atom is 0.277 e. The lowest BCUT2D eigenvalue weighted by Gasteiger charge is -2.35. The first-order valence-corrected chi connectivity index (χ1v) is 10.00. The summed E-state index contributed by atoms with van der Waals surface area (Å²) in [6.45, 7) is 1.86. The molecule has 0 unspecified atom stereocenters. The van der Waals surface area contributed by atoms with E-state index in [0.29, 0.717) is 37.1 Å². The third-order valence-electron chi connectivity index (χ3n) is 4.85. The smallest absolute Gasteiger partial charge is 0.277 e. The molecule has 0 atom stereocenters. The minimum Gasteiger partial charge on any atom is -0.369 e. The van der Waals surface area contributed by atoms with Crippen LogP contribution in [0.3, 0.4) is 0 Å². The van der Waals surface area contributed by atoms with Crippen molar-refractivity contribution < 1.29 is 8.42 Å². The Bertz CT molecular complexity index is 1160. The van der Waals surface area contributed by atoms with E-state index in [9.17, 15) is 13.2 Å². The number of aryl methyl sites for hydroxylation is 2. The number of aromatic nitrogens is 4. The number of nitrogens with zero attached hydrogens (tertiary/aromatic N) is 6. The van der Waals surface area contributed by atoms with Crippen molar-refractivity contribution in [3.8, 4) is 0 Å². The highest BCUT2D eigenvalue weighted by Crippen LogP contribution is 2.22. The third kappa shape index (κ3) is 3.00. The van der Waals surface area contributed by atoms with Crippen molar-refractivity contribution in [1.29, 1.82) is 0 Å². The number of fused-ring (bicyclic) bond motifs is 1. The van der Waals surface area contributed by atoms with Gasteiger partial charge in [-0.2, -0.15) is 4.31 Å². The molecule has 10 heteroatoms. The second-order valence-corrected chi connectivity index (χ2v) is 8.41. The number of sulfonamides is 1. The second-order valence-electron chi connectivity index (χ2n) is 6.57. The molecule has 0 radical (unpaired) electrons. The largest absolute Gasteiger partial charge is 0.369 e. The second kappa shape index (κ2) is 6.46. The third-order valence-corrected chi connectivity index (χ3v) is 6.75. The molecule has 1 saturated heterocycles. The van der Waals surface area contributed by atoms with Gasteiger partial charge in [-0.25, -0.2) is 18.4 Å². The van der Waals surface area contributed by atoms with Gasteiger partial charge in [0.15, 0.2) is 0 Å². The zero-order chi connectivity index (χ0) is 19.2. The van der Waals surface area contributed by atoms with Gasteiger partial charge in [0.05, 0.1) is 17.2 Å². The number of rotatable bonds is 3. The number of piperazine rings is 1. The lowest BCUT2D eigenvalue weighted by Crippen LogP contribution is -2.49. The molecule has 9 nitrogen and oxygen atoms in total. The maximum absolute atomic E-state index is 12.7. The minimum atomic E-state index is -3.60. The highest BCUT2D eigenvalue weighted by atomic mass is 32.2. The van der Waals surface area contributed by atoms with E-state index in [4.69, 9.17) is 0 Å². The van der Waals surface area contributed by atoms with E-state index in [1.807, 2.05) is 12.1 Å². The molecule has 0 aliphatic carbocycles. The van der Waals surface area contributed by atoms with Crippen LogP contribution in [-0.2, 0) is 24.1 Å². The Labute approximate surface area is 156 Å². The highest BCUT2D eigenvalue weighted by Gasteiger charge is 2.31. The molecule has 2 aromatic heterocycles. The van der Waals surface area contributed by atoms with E-state index in [-0.39, 0.29) is 10.7 Å². The molecular formula is C17H20N6O3S. The lowest BCUT2D eigenvalue weighted by molar-refractivity contribution is 0.380. The maximum atomic E-state index is 12.7. The average Bonchev–Trinajstić information content (AvgIpc) is 3.11. The molecule has 142 valence electrons. The molecule has 0 bridgehead atoms. The fourth-order valence-electron chi connectivity index (χ4n) is 3.30. The number of anilines is 1. The SMILES string of the molecule is Cn1ccnc1S(=O)(=O)N1CCN(c2ccc3c(=O)n(C)cnc3c2)CC1. The first-order chi connectivity index (χ1) is 12.9. The van der Waals surface area contributed by atoms with Crippen LogP contribution in [0, 0.1) is 0 Å². The van der Waals surface area contributed by atoms with Crippen LogP contribution in [0.4, 0.5) is 5.69 Å². The molecule has 1 aliphatic heterocycles. The average molecular weight is 388 g/mol. The number of imidazole rings is 1. The van der Waals surface area contributed by atoms with Crippen molar-refractivity contribution in [2.45, 2.75) is 5.16 Å². The summed E-state index contributed by atoms with van der Waals surface area (Å²) in [5.41, 5.74) is 1.48. The van der Waals surface area contributed by atoms with Gasteiger partial charge in [0.1, 0.15) is 0 Å². The van der Waals surface area contributed by atoms with Crippen LogP contribution in [0.25, 0.3) is 10.9 Å². The molecule has 27 heavy (non-hydrogen) atoms. The van der Waals surface area contributed by atoms with Gasteiger partial charge in [-0.3, -0.25) is 4.79 Å². The lowest BCUT2D eigenvalue weighted by atomic mass is 10.2. The zero-order valence-electron chi connectivity index (χ0n) is 15.1. The van der Waals surface area contributed by atoms with Crippen LogP contribution in [0.5, 0.6) is 0 Å². The zero-order valence-corrected chi connectivity index (χ0v) is 15.9. The Hall–Kier alpha value is -2.72. The molecule has 3 heterocycles. The van der Waals surface area contributed by atoms with Gasteiger partial charge in [0.25, 0.3) is 15.6 Å². The van der Waals surface area contributed by atoms with Gasteiger partial charge >= 0.3 is 0 Å². The first-order valence-electron chi connectivity index (χ1n) is 8.56. The van der Waals surface area contributed by atoms with Crippen molar-refractivity contribution in [2.24, 2.45) is 14.1 Å². The monoisotopic (exact) mass is 388 g/mol. The molecular weight excluding hydrogens is 368 g/mol. The number of hydrogen-bond donors (Lipinski definition) is 0. The molecule has 0 amide bonds. The standard InChI is InChI=1S/C17H20N6O3S/c1-20-6-5-18-17(20)27(25,26)23-9-7-22(8-10-23)13-3-4-14-15(11-13)19-12-21(2)16(14)24/h3-6,11-12H,7-10H2,1-2H3. The van der Waals surface area contributed by atoms with Crippen LogP contribution in [0.1, 0.15) is 0 Å². The Morgan fingerprint density at radius 1 is 1.00 bits per heavy atom. The first kappa shape index (κ1) is 17.7. The molecule has 0 spiro atoms. The van der Waals surface area contributed by atoms with E-state index in [2.05, 4.69) is 14.9 Å². The summed E-state index contributed by atoms with van der Waals surface area (Å²) in [6.07, 6.45) is 4.61. The van der Waals surface area contributed by atoms with E-state index in [0.717, 1.165) is 5.69 Å². The predicted molar refractivity (Wildman–Crippen MR) is 101 cm³/mol. The topological polar surface area (TPSA) is 93.3 Å². The molecule has 4 rings (SSSR count). The van der Waals surface area contributed by atoms with Crippen LogP contribution in [0.2, 0.25) is 0 Å². The summed E-state index contributed by atoms with van der Waals surface area (Å²) in [4.78, 5) is 22.5. The Kier molecular flexibility index (Phi) is 4.23. The van der Waals surface area contributed by atoms with Gasteiger partial charge in [-0.05, 0) is 18.2 Å². The predicted octanol–water partition coefficient (Wildman–Crippen LogP) is 0.178. The Morgan fingerprint density at radius 3 is 2.41 bits per heavy atom. The Balaban J connectivity index is 1.54. The molecule has 1 fully saturated rings. The van der Waals surface area contributed by atoms with Gasteiger partial charge < -0.3 is 14.0 Å². The summed E-state index contributed by atoms with van der Waals surface area (Å²) in [6, 6.07) is 5.53. The van der Waals surface area contributed by atoms with Gasteiger partial charge in [0, 0.05) is 58.4 Å². The molecule has 0 N–H and O–H groups in total. The van der Waals surface area contributed by atoms with E-state index >= 15 is 0 Å².